The number of hydrogen-bond donors (Lipinski definition) is 2. The van der Waals surface area contributed by atoms with Gasteiger partial charge in [-0.2, -0.15) is 0 Å². The van der Waals surface area contributed by atoms with Crippen LogP contribution in [-0.2, 0) is 14.3 Å². The lowest BCUT2D eigenvalue weighted by molar-refractivity contribution is -0.133. The van der Waals surface area contributed by atoms with E-state index < -0.39 is 11.9 Å². The van der Waals surface area contributed by atoms with Gasteiger partial charge in [0.2, 0.25) is 11.8 Å². The molecule has 0 unspecified atom stereocenters. The summed E-state index contributed by atoms with van der Waals surface area (Å²) >= 11 is 0. The summed E-state index contributed by atoms with van der Waals surface area (Å²) in [4.78, 5) is 42.0. The quantitative estimate of drug-likeness (QED) is 0.685. The Morgan fingerprint density at radius 1 is 0.909 bits per heavy atom. The summed E-state index contributed by atoms with van der Waals surface area (Å²) in [5, 5.41) is 2.91. The molecule has 1 saturated heterocycles. The normalized spacial score (nSPS) is 25.4. The summed E-state index contributed by atoms with van der Waals surface area (Å²) < 4.78 is 5.66. The number of carbonyl (C=O) groups excluding carboxylic acids is 3. The Balaban J connectivity index is 1.34. The van der Waals surface area contributed by atoms with Crippen LogP contribution in [-0.4, -0.2) is 66.0 Å². The van der Waals surface area contributed by atoms with Crippen molar-refractivity contribution >= 4 is 17.9 Å². The minimum absolute atomic E-state index is 0.0739. The molecule has 8 heteroatoms. The van der Waals surface area contributed by atoms with Gasteiger partial charge < -0.3 is 20.7 Å². The summed E-state index contributed by atoms with van der Waals surface area (Å²) in [5.41, 5.74) is 6.31. The van der Waals surface area contributed by atoms with Gasteiger partial charge in [0.25, 0.3) is 0 Å². The van der Waals surface area contributed by atoms with E-state index in [1.54, 1.807) is 17.0 Å². The van der Waals surface area contributed by atoms with Crippen LogP contribution in [0, 0.1) is 5.92 Å². The highest BCUT2D eigenvalue weighted by atomic mass is 16.6. The Bertz CT molecular complexity index is 819. The lowest BCUT2D eigenvalue weighted by Crippen LogP contribution is -2.57. The molecule has 2 saturated carbocycles. The van der Waals surface area contributed by atoms with Crippen molar-refractivity contribution in [1.82, 2.24) is 15.1 Å². The Kier molecular flexibility index (Phi) is 7.85. The number of benzene rings is 1. The van der Waals surface area contributed by atoms with Crippen LogP contribution in [0.4, 0.5) is 4.79 Å². The molecular weight excluding hydrogens is 420 g/mol. The van der Waals surface area contributed by atoms with Crippen LogP contribution < -0.4 is 11.1 Å². The third kappa shape index (κ3) is 5.85. The number of ether oxygens (including phenoxy) is 1. The molecular formula is C25H36N4O4. The van der Waals surface area contributed by atoms with E-state index in [1.165, 1.54) is 0 Å². The van der Waals surface area contributed by atoms with E-state index in [4.69, 9.17) is 10.5 Å². The molecule has 1 aromatic carbocycles. The first-order valence-corrected chi connectivity index (χ1v) is 12.4. The first-order chi connectivity index (χ1) is 16.0. The maximum atomic E-state index is 13.3. The van der Waals surface area contributed by atoms with E-state index in [1.807, 2.05) is 18.2 Å². The van der Waals surface area contributed by atoms with Gasteiger partial charge in [-0.15, -0.1) is 0 Å². The fourth-order valence-corrected chi connectivity index (χ4v) is 5.53. The average Bonchev–Trinajstić information content (AvgIpc) is 3.36. The molecule has 4 rings (SSSR count). The number of carbonyl (C=O) groups is 3. The number of primary amides is 1. The topological polar surface area (TPSA) is 105 Å². The third-order valence-electron chi connectivity index (χ3n) is 7.38. The molecule has 0 bridgehead atoms. The Labute approximate surface area is 195 Å². The van der Waals surface area contributed by atoms with Crippen molar-refractivity contribution in [3.8, 4) is 0 Å². The minimum Gasteiger partial charge on any atom is -0.446 e. The van der Waals surface area contributed by atoms with Gasteiger partial charge in [-0.25, -0.2) is 4.79 Å². The maximum absolute atomic E-state index is 13.3. The van der Waals surface area contributed by atoms with Crippen LogP contribution >= 0.6 is 0 Å². The summed E-state index contributed by atoms with van der Waals surface area (Å²) in [5.74, 6) is -0.868. The summed E-state index contributed by atoms with van der Waals surface area (Å²) in [6, 6.07) is 8.41. The van der Waals surface area contributed by atoms with Gasteiger partial charge in [0.15, 0.2) is 0 Å². The first kappa shape index (κ1) is 23.5. The van der Waals surface area contributed by atoms with Crippen LogP contribution in [0.25, 0.3) is 0 Å². The molecule has 0 radical (unpaired) electrons. The van der Waals surface area contributed by atoms with Gasteiger partial charge in [0, 0.05) is 32.2 Å². The van der Waals surface area contributed by atoms with Crippen molar-refractivity contribution in [2.24, 2.45) is 11.7 Å². The zero-order valence-electron chi connectivity index (χ0n) is 19.3. The monoisotopic (exact) mass is 456 g/mol. The van der Waals surface area contributed by atoms with Crippen molar-refractivity contribution < 1.29 is 19.1 Å². The second kappa shape index (κ2) is 11.0. The standard InChI is InChI=1S/C25H36N4O4/c26-23(30)22(18-8-2-1-3-9-18)27-24(31)20-12-6-7-13-21(20)28-14-16-29(17-15-28)25(32)33-19-10-4-5-11-19/h1-3,8-9,19-22H,4-7,10-17H2,(H2,26,30)(H,27,31)/t20-,21-,22+/m1/s1. The van der Waals surface area contributed by atoms with E-state index in [2.05, 4.69) is 10.2 Å². The molecule has 3 atom stereocenters. The predicted molar refractivity (Wildman–Crippen MR) is 124 cm³/mol. The van der Waals surface area contributed by atoms with Crippen LogP contribution in [0.2, 0.25) is 0 Å². The Morgan fingerprint density at radius 3 is 2.21 bits per heavy atom. The summed E-state index contributed by atoms with van der Waals surface area (Å²) in [6.45, 7) is 2.69. The number of piperazine rings is 1. The van der Waals surface area contributed by atoms with E-state index in [-0.39, 0.29) is 30.1 Å². The second-order valence-electron chi connectivity index (χ2n) is 9.53. The highest BCUT2D eigenvalue weighted by Crippen LogP contribution is 2.30. The Hall–Kier alpha value is -2.61. The summed E-state index contributed by atoms with van der Waals surface area (Å²) in [7, 11) is 0. The van der Waals surface area contributed by atoms with Crippen molar-refractivity contribution in [3.05, 3.63) is 35.9 Å². The molecule has 0 spiro atoms. The smallest absolute Gasteiger partial charge is 0.410 e. The van der Waals surface area contributed by atoms with Gasteiger partial charge in [-0.3, -0.25) is 14.5 Å². The first-order valence-electron chi connectivity index (χ1n) is 12.4. The zero-order chi connectivity index (χ0) is 23.2. The SMILES string of the molecule is NC(=O)[C@@H](NC(=O)[C@@H]1CCCC[C@H]1N1CCN(C(=O)OC2CCCC2)CC1)c1ccccc1. The van der Waals surface area contributed by atoms with Gasteiger partial charge in [-0.05, 0) is 44.1 Å². The predicted octanol–water partition coefficient (Wildman–Crippen LogP) is 2.58. The highest BCUT2D eigenvalue weighted by molar-refractivity contribution is 5.88. The van der Waals surface area contributed by atoms with Crippen LogP contribution in [0.15, 0.2) is 30.3 Å². The molecule has 2 aliphatic carbocycles. The van der Waals surface area contributed by atoms with Crippen molar-refractivity contribution in [3.63, 3.8) is 0 Å². The maximum Gasteiger partial charge on any atom is 0.410 e. The molecule has 3 N–H and O–H groups in total. The Morgan fingerprint density at radius 2 is 1.55 bits per heavy atom. The van der Waals surface area contributed by atoms with E-state index in [0.29, 0.717) is 18.7 Å². The van der Waals surface area contributed by atoms with Crippen LogP contribution in [0.3, 0.4) is 0 Å². The van der Waals surface area contributed by atoms with Crippen molar-refractivity contribution in [1.29, 1.82) is 0 Å². The third-order valence-corrected chi connectivity index (χ3v) is 7.38. The van der Waals surface area contributed by atoms with Gasteiger partial charge in [-0.1, -0.05) is 43.2 Å². The number of nitrogens with one attached hydrogen (secondary N) is 1. The van der Waals surface area contributed by atoms with Crippen LogP contribution in [0.5, 0.6) is 0 Å². The fraction of sp³-hybridized carbons (Fsp3) is 0.640. The van der Waals surface area contributed by atoms with E-state index in [9.17, 15) is 14.4 Å². The van der Waals surface area contributed by atoms with Crippen LogP contribution in [0.1, 0.15) is 63.0 Å². The number of amides is 3. The number of rotatable bonds is 6. The molecule has 1 aliphatic heterocycles. The number of nitrogens with two attached hydrogens (primary N) is 1. The lowest BCUT2D eigenvalue weighted by Gasteiger charge is -2.43. The minimum atomic E-state index is -0.830. The van der Waals surface area contributed by atoms with Gasteiger partial charge >= 0.3 is 6.09 Å². The molecule has 1 aromatic rings. The molecule has 3 fully saturated rings. The number of nitrogens with zero attached hydrogens (tertiary/aromatic N) is 2. The summed E-state index contributed by atoms with van der Waals surface area (Å²) in [6.07, 6.45) is 7.90. The number of hydrogen-bond acceptors (Lipinski definition) is 5. The average molecular weight is 457 g/mol. The lowest BCUT2D eigenvalue weighted by atomic mass is 9.82. The van der Waals surface area contributed by atoms with E-state index >= 15 is 0 Å². The van der Waals surface area contributed by atoms with Crippen molar-refractivity contribution in [2.45, 2.75) is 69.6 Å². The highest BCUT2D eigenvalue weighted by Gasteiger charge is 2.38. The van der Waals surface area contributed by atoms with Gasteiger partial charge in [0.1, 0.15) is 12.1 Å². The van der Waals surface area contributed by atoms with Gasteiger partial charge in [0.05, 0.1) is 5.92 Å². The molecule has 33 heavy (non-hydrogen) atoms. The fourth-order valence-electron chi connectivity index (χ4n) is 5.53. The molecule has 3 amide bonds. The molecule has 180 valence electrons. The zero-order valence-corrected chi connectivity index (χ0v) is 19.3. The van der Waals surface area contributed by atoms with E-state index in [0.717, 1.165) is 64.5 Å². The molecule has 8 nitrogen and oxygen atoms in total. The largest absolute Gasteiger partial charge is 0.446 e. The molecule has 0 aromatic heterocycles. The molecule has 3 aliphatic rings. The van der Waals surface area contributed by atoms with Crippen molar-refractivity contribution in [2.75, 3.05) is 26.2 Å². The molecule has 1 heterocycles. The second-order valence-corrected chi connectivity index (χ2v) is 9.53.